The SMILES string of the molecule is COc1cc([C@H]2NC(=S)NC(c3ccccc3)=C2C(C)=O)ccc1O. The average molecular weight is 354 g/mol. The van der Waals surface area contributed by atoms with Crippen LogP contribution >= 0.6 is 12.2 Å². The highest BCUT2D eigenvalue weighted by molar-refractivity contribution is 7.80. The van der Waals surface area contributed by atoms with Gasteiger partial charge in [-0.25, -0.2) is 0 Å². The Labute approximate surface area is 151 Å². The number of Topliss-reactive ketones (excluding diaryl/α,β-unsaturated/α-hetero) is 1. The monoisotopic (exact) mass is 354 g/mol. The molecule has 0 spiro atoms. The average Bonchev–Trinajstić information content (AvgIpc) is 2.62. The molecule has 5 nitrogen and oxygen atoms in total. The highest BCUT2D eigenvalue weighted by Gasteiger charge is 2.30. The molecule has 0 radical (unpaired) electrons. The van der Waals surface area contributed by atoms with E-state index in [1.165, 1.54) is 14.0 Å². The second-order valence-electron chi connectivity index (χ2n) is 5.67. The van der Waals surface area contributed by atoms with Gasteiger partial charge in [-0.3, -0.25) is 4.79 Å². The number of ketones is 1. The van der Waals surface area contributed by atoms with Crippen LogP contribution < -0.4 is 15.4 Å². The predicted molar refractivity (Wildman–Crippen MR) is 100 cm³/mol. The lowest BCUT2D eigenvalue weighted by molar-refractivity contribution is -0.113. The summed E-state index contributed by atoms with van der Waals surface area (Å²) in [6.07, 6.45) is 0. The van der Waals surface area contributed by atoms with Gasteiger partial charge in [0.2, 0.25) is 0 Å². The van der Waals surface area contributed by atoms with Gasteiger partial charge in [0.05, 0.1) is 18.8 Å². The van der Waals surface area contributed by atoms with E-state index >= 15 is 0 Å². The Morgan fingerprint density at radius 2 is 1.92 bits per heavy atom. The minimum atomic E-state index is -0.434. The molecule has 0 saturated heterocycles. The number of aromatic hydroxyl groups is 1. The second-order valence-corrected chi connectivity index (χ2v) is 6.08. The highest BCUT2D eigenvalue weighted by Crippen LogP contribution is 2.35. The number of ether oxygens (including phenoxy) is 1. The molecular formula is C19H18N2O3S. The van der Waals surface area contributed by atoms with E-state index in [-0.39, 0.29) is 11.5 Å². The van der Waals surface area contributed by atoms with Crippen LogP contribution in [0.3, 0.4) is 0 Å². The number of methoxy groups -OCH3 is 1. The first kappa shape index (κ1) is 17.0. The van der Waals surface area contributed by atoms with Crippen LogP contribution in [0.1, 0.15) is 24.1 Å². The summed E-state index contributed by atoms with van der Waals surface area (Å²) >= 11 is 5.34. The van der Waals surface area contributed by atoms with Crippen molar-refractivity contribution >= 4 is 28.8 Å². The van der Waals surface area contributed by atoms with Crippen LogP contribution in [0.25, 0.3) is 5.70 Å². The first-order chi connectivity index (χ1) is 12.0. The predicted octanol–water partition coefficient (Wildman–Crippen LogP) is 2.92. The van der Waals surface area contributed by atoms with Crippen LogP contribution in [0.4, 0.5) is 0 Å². The Morgan fingerprint density at radius 3 is 2.56 bits per heavy atom. The van der Waals surface area contributed by atoms with Crippen LogP contribution in [0.2, 0.25) is 0 Å². The molecule has 0 unspecified atom stereocenters. The van der Waals surface area contributed by atoms with Crippen LogP contribution in [-0.4, -0.2) is 23.1 Å². The lowest BCUT2D eigenvalue weighted by Crippen LogP contribution is -2.44. The Morgan fingerprint density at radius 1 is 1.20 bits per heavy atom. The van der Waals surface area contributed by atoms with E-state index in [9.17, 15) is 9.90 Å². The van der Waals surface area contributed by atoms with Crippen molar-refractivity contribution in [1.29, 1.82) is 0 Å². The van der Waals surface area contributed by atoms with Crippen molar-refractivity contribution in [3.63, 3.8) is 0 Å². The normalized spacial score (nSPS) is 16.9. The number of thiocarbonyl (C=S) groups is 1. The van der Waals surface area contributed by atoms with Crippen molar-refractivity contribution in [3.05, 3.63) is 65.2 Å². The third-order valence-corrected chi connectivity index (χ3v) is 4.27. The quantitative estimate of drug-likeness (QED) is 0.734. The maximum absolute atomic E-state index is 12.4. The number of nitrogens with one attached hydrogen (secondary N) is 2. The lowest BCUT2D eigenvalue weighted by Gasteiger charge is -2.31. The largest absolute Gasteiger partial charge is 0.504 e. The summed E-state index contributed by atoms with van der Waals surface area (Å²) in [5, 5.41) is 16.5. The summed E-state index contributed by atoms with van der Waals surface area (Å²) in [6, 6.07) is 14.1. The van der Waals surface area contributed by atoms with Crippen LogP contribution in [0, 0.1) is 0 Å². The number of rotatable bonds is 4. The molecule has 3 rings (SSSR count). The lowest BCUT2D eigenvalue weighted by atomic mass is 9.90. The van der Waals surface area contributed by atoms with E-state index < -0.39 is 6.04 Å². The van der Waals surface area contributed by atoms with E-state index in [1.54, 1.807) is 18.2 Å². The summed E-state index contributed by atoms with van der Waals surface area (Å²) in [7, 11) is 1.48. The molecule has 1 atom stereocenters. The molecule has 1 aliphatic rings. The van der Waals surface area contributed by atoms with Crippen molar-refractivity contribution < 1.29 is 14.6 Å². The fourth-order valence-electron chi connectivity index (χ4n) is 2.90. The van der Waals surface area contributed by atoms with Gasteiger partial charge in [0.25, 0.3) is 0 Å². The Hall–Kier alpha value is -2.86. The molecule has 3 N–H and O–H groups in total. The fourth-order valence-corrected chi connectivity index (χ4v) is 3.12. The molecule has 1 heterocycles. The summed E-state index contributed by atoms with van der Waals surface area (Å²) in [6.45, 7) is 1.53. The first-order valence-corrected chi connectivity index (χ1v) is 8.17. The van der Waals surface area contributed by atoms with Crippen molar-refractivity contribution in [2.75, 3.05) is 7.11 Å². The van der Waals surface area contributed by atoms with Crippen molar-refractivity contribution in [1.82, 2.24) is 10.6 Å². The summed E-state index contributed by atoms with van der Waals surface area (Å²) < 4.78 is 5.18. The zero-order valence-electron chi connectivity index (χ0n) is 13.9. The number of carbonyl (C=O) groups excluding carboxylic acids is 1. The third kappa shape index (κ3) is 3.34. The van der Waals surface area contributed by atoms with Crippen LogP contribution in [-0.2, 0) is 4.79 Å². The van der Waals surface area contributed by atoms with Gasteiger partial charge in [-0.05, 0) is 42.4 Å². The molecule has 1 aliphatic heterocycles. The number of benzene rings is 2. The smallest absolute Gasteiger partial charge is 0.171 e. The molecule has 0 aromatic heterocycles. The Bertz CT molecular complexity index is 862. The Kier molecular flexibility index (Phi) is 4.72. The maximum Gasteiger partial charge on any atom is 0.171 e. The molecule has 128 valence electrons. The first-order valence-electron chi connectivity index (χ1n) is 7.76. The molecule has 25 heavy (non-hydrogen) atoms. The van der Waals surface area contributed by atoms with Crippen LogP contribution in [0.5, 0.6) is 11.5 Å². The minimum absolute atomic E-state index is 0.0411. The minimum Gasteiger partial charge on any atom is -0.504 e. The van der Waals surface area contributed by atoms with Gasteiger partial charge in [-0.1, -0.05) is 36.4 Å². The van der Waals surface area contributed by atoms with E-state index in [1.807, 2.05) is 30.3 Å². The molecule has 6 heteroatoms. The molecular weight excluding hydrogens is 336 g/mol. The summed E-state index contributed by atoms with van der Waals surface area (Å²) in [5.41, 5.74) is 2.92. The van der Waals surface area contributed by atoms with Gasteiger partial charge in [0.1, 0.15) is 0 Å². The summed E-state index contributed by atoms with van der Waals surface area (Å²) in [4.78, 5) is 12.4. The molecule has 0 fully saturated rings. The Balaban J connectivity index is 2.17. The van der Waals surface area contributed by atoms with Gasteiger partial charge in [0, 0.05) is 5.57 Å². The van der Waals surface area contributed by atoms with E-state index in [2.05, 4.69) is 10.6 Å². The zero-order valence-corrected chi connectivity index (χ0v) is 14.7. The molecule has 0 amide bonds. The number of hydrogen-bond donors (Lipinski definition) is 3. The number of phenols is 1. The molecule has 2 aromatic carbocycles. The van der Waals surface area contributed by atoms with E-state index in [0.29, 0.717) is 22.1 Å². The van der Waals surface area contributed by atoms with E-state index in [4.69, 9.17) is 17.0 Å². The van der Waals surface area contributed by atoms with Gasteiger partial charge >= 0.3 is 0 Å². The van der Waals surface area contributed by atoms with Gasteiger partial charge in [0.15, 0.2) is 22.4 Å². The fraction of sp³-hybridized carbons (Fsp3) is 0.158. The standard InChI is InChI=1S/C19H18N2O3S/c1-11(22)16-17(12-6-4-3-5-7-12)20-19(25)21-18(16)13-8-9-14(23)15(10-13)24-2/h3-10,18,23H,1-2H3,(H2,20,21,25)/t18-/m1/s1. The van der Waals surface area contributed by atoms with Gasteiger partial charge in [-0.15, -0.1) is 0 Å². The zero-order chi connectivity index (χ0) is 18.0. The van der Waals surface area contributed by atoms with E-state index in [0.717, 1.165) is 11.1 Å². The van der Waals surface area contributed by atoms with Gasteiger partial charge < -0.3 is 20.5 Å². The maximum atomic E-state index is 12.4. The molecule has 0 saturated carbocycles. The van der Waals surface area contributed by atoms with Crippen molar-refractivity contribution in [2.45, 2.75) is 13.0 Å². The third-order valence-electron chi connectivity index (χ3n) is 4.05. The summed E-state index contributed by atoms with van der Waals surface area (Å²) in [5.74, 6) is 0.311. The molecule has 2 aromatic rings. The highest BCUT2D eigenvalue weighted by atomic mass is 32.1. The number of hydrogen-bond acceptors (Lipinski definition) is 4. The number of phenolic OH excluding ortho intramolecular Hbond substituents is 1. The second kappa shape index (κ2) is 6.94. The van der Waals surface area contributed by atoms with Crippen LogP contribution in [0.15, 0.2) is 54.1 Å². The van der Waals surface area contributed by atoms with Crippen molar-refractivity contribution in [3.8, 4) is 11.5 Å². The van der Waals surface area contributed by atoms with Crippen molar-refractivity contribution in [2.24, 2.45) is 0 Å². The molecule has 0 bridgehead atoms. The topological polar surface area (TPSA) is 70.6 Å². The molecule has 0 aliphatic carbocycles. The number of carbonyl (C=O) groups is 1. The van der Waals surface area contributed by atoms with Gasteiger partial charge in [-0.2, -0.15) is 0 Å².